The van der Waals surface area contributed by atoms with Crippen LogP contribution in [0, 0.1) is 5.92 Å². The van der Waals surface area contributed by atoms with Crippen molar-refractivity contribution in [2.75, 3.05) is 12.5 Å². The molecule has 0 bridgehead atoms. The monoisotopic (exact) mass is 459 g/mol. The zero-order valence-corrected chi connectivity index (χ0v) is 21.1. The molecule has 1 aliphatic heterocycles. The number of rotatable bonds is 11. The van der Waals surface area contributed by atoms with Gasteiger partial charge < -0.3 is 14.2 Å². The second-order valence-electron chi connectivity index (χ2n) is 7.87. The summed E-state index contributed by atoms with van der Waals surface area (Å²) in [6.45, 7) is 17.2. The molecule has 8 heteroatoms. The van der Waals surface area contributed by atoms with Crippen LogP contribution in [0.15, 0.2) is 12.7 Å². The fourth-order valence-corrected chi connectivity index (χ4v) is 4.11. The first-order valence-electron chi connectivity index (χ1n) is 11.2. The topological polar surface area (TPSA) is 82.1 Å². The molecule has 31 heavy (non-hydrogen) atoms. The zero-order chi connectivity index (χ0) is 24.0. The molecular weight excluding hydrogens is 418 g/mol. The number of hydrogen-bond donors (Lipinski definition) is 0. The molecule has 0 radical (unpaired) electrons. The van der Waals surface area contributed by atoms with E-state index in [1.807, 2.05) is 27.7 Å². The van der Waals surface area contributed by atoms with Crippen LogP contribution in [-0.4, -0.2) is 52.5 Å². The van der Waals surface area contributed by atoms with Gasteiger partial charge in [-0.2, -0.15) is 0 Å². The zero-order valence-electron chi connectivity index (χ0n) is 20.3. The molecule has 0 aromatic carbocycles. The van der Waals surface area contributed by atoms with Crippen molar-refractivity contribution >= 4 is 29.8 Å². The third-order valence-electron chi connectivity index (χ3n) is 4.94. The molecule has 0 saturated carbocycles. The van der Waals surface area contributed by atoms with Crippen LogP contribution >= 0.6 is 11.8 Å². The molecule has 0 spiro atoms. The Balaban J connectivity index is 0.00000436. The molecule has 3 unspecified atom stereocenters. The lowest BCUT2D eigenvalue weighted by molar-refractivity contribution is -0.167. The molecule has 0 aromatic rings. The molecule has 0 aromatic heterocycles. The number of ether oxygens (including phenoxy) is 3. The van der Waals surface area contributed by atoms with Crippen LogP contribution in [0.5, 0.6) is 0 Å². The molecule has 0 aliphatic carbocycles. The van der Waals surface area contributed by atoms with Crippen molar-refractivity contribution in [3.63, 3.8) is 0 Å². The van der Waals surface area contributed by atoms with E-state index in [2.05, 4.69) is 20.4 Å². The Morgan fingerprint density at radius 2 is 1.84 bits per heavy atom. The highest BCUT2D eigenvalue weighted by Crippen LogP contribution is 2.40. The van der Waals surface area contributed by atoms with Gasteiger partial charge in [0.2, 0.25) is 6.29 Å². The van der Waals surface area contributed by atoms with Crippen molar-refractivity contribution in [3.05, 3.63) is 12.7 Å². The average molecular weight is 460 g/mol. The minimum absolute atomic E-state index is 0.0734. The summed E-state index contributed by atoms with van der Waals surface area (Å²) in [6.07, 6.45) is 3.96. The van der Waals surface area contributed by atoms with Crippen LogP contribution in [0.4, 0.5) is 4.79 Å². The predicted molar refractivity (Wildman–Crippen MR) is 125 cm³/mol. The van der Waals surface area contributed by atoms with Crippen molar-refractivity contribution in [2.24, 2.45) is 5.92 Å². The normalized spacial score (nSPS) is 18.8. The maximum absolute atomic E-state index is 12.6. The molecule has 1 rings (SSSR count). The number of unbranched alkanes of at least 4 members (excludes halogenated alkanes) is 1. The van der Waals surface area contributed by atoms with Gasteiger partial charge in [-0.05, 0) is 26.2 Å². The summed E-state index contributed by atoms with van der Waals surface area (Å²) < 4.78 is 15.0. The van der Waals surface area contributed by atoms with Crippen molar-refractivity contribution < 1.29 is 28.6 Å². The van der Waals surface area contributed by atoms with Crippen LogP contribution in [0.25, 0.3) is 0 Å². The van der Waals surface area contributed by atoms with Gasteiger partial charge in [-0.25, -0.2) is 9.59 Å². The lowest BCUT2D eigenvalue weighted by Gasteiger charge is -2.29. The third-order valence-corrected chi connectivity index (χ3v) is 6.31. The number of nitrogens with zero attached hydrogens (tertiary/aromatic N) is 1. The summed E-state index contributed by atoms with van der Waals surface area (Å²) in [5.41, 5.74) is 0. The molecule has 0 N–H and O–H groups in total. The average Bonchev–Trinajstić information content (AvgIpc) is 3.05. The van der Waals surface area contributed by atoms with E-state index in [1.165, 1.54) is 29.7 Å². The van der Waals surface area contributed by atoms with Crippen LogP contribution in [-0.2, 0) is 23.8 Å². The first-order chi connectivity index (χ1) is 14.6. The van der Waals surface area contributed by atoms with Crippen molar-refractivity contribution in [3.8, 4) is 0 Å². The van der Waals surface area contributed by atoms with E-state index in [9.17, 15) is 14.4 Å². The van der Waals surface area contributed by atoms with E-state index in [-0.39, 0.29) is 12.5 Å². The van der Waals surface area contributed by atoms with Gasteiger partial charge >= 0.3 is 18.0 Å². The van der Waals surface area contributed by atoms with Gasteiger partial charge in [0.1, 0.15) is 12.6 Å². The van der Waals surface area contributed by atoms with Crippen LogP contribution in [0.3, 0.4) is 0 Å². The highest BCUT2D eigenvalue weighted by atomic mass is 32.2. The number of esters is 2. The van der Waals surface area contributed by atoms with Crippen molar-refractivity contribution in [1.82, 2.24) is 4.90 Å². The van der Waals surface area contributed by atoms with E-state index < -0.39 is 35.1 Å². The van der Waals surface area contributed by atoms with Crippen LogP contribution < -0.4 is 0 Å². The molecule has 1 heterocycles. The number of amides is 1. The Labute approximate surface area is 192 Å². The standard InChI is InChI=1S/C21H35NO6S.C2H6/c1-7-13-26-19(24)18-21(5,6)29-14-22(18)20(25)28-16(4)27-17(23)12-10-9-11-15(3)8-2;1-2/h7,15-16,18H,1,8-14H2,2-6H3;1-2H3. The molecule has 180 valence electrons. The van der Waals surface area contributed by atoms with E-state index in [0.717, 1.165) is 25.7 Å². The second-order valence-corrected chi connectivity index (χ2v) is 9.47. The maximum atomic E-state index is 12.6. The third kappa shape index (κ3) is 10.4. The molecule has 1 aliphatic rings. The summed E-state index contributed by atoms with van der Waals surface area (Å²) in [6, 6.07) is -0.789. The molecule has 3 atom stereocenters. The Hall–Kier alpha value is -1.70. The smallest absolute Gasteiger partial charge is 0.414 e. The van der Waals surface area contributed by atoms with Crippen molar-refractivity contribution in [1.29, 1.82) is 0 Å². The van der Waals surface area contributed by atoms with Gasteiger partial charge in [0.15, 0.2) is 0 Å². The summed E-state index contributed by atoms with van der Waals surface area (Å²) in [4.78, 5) is 38.2. The van der Waals surface area contributed by atoms with Crippen molar-refractivity contribution in [2.45, 2.75) is 97.6 Å². The summed E-state index contributed by atoms with van der Waals surface area (Å²) >= 11 is 1.46. The van der Waals surface area contributed by atoms with Gasteiger partial charge in [-0.1, -0.05) is 59.6 Å². The molecule has 1 amide bonds. The van der Waals surface area contributed by atoms with E-state index in [1.54, 1.807) is 0 Å². The number of thioether (sulfide) groups is 1. The second kappa shape index (κ2) is 15.2. The number of carbonyl (C=O) groups is 3. The Kier molecular flexibility index (Phi) is 14.3. The Bertz CT molecular complexity index is 580. The van der Waals surface area contributed by atoms with Gasteiger partial charge in [-0.15, -0.1) is 11.8 Å². The minimum Gasteiger partial charge on any atom is -0.460 e. The molecule has 7 nitrogen and oxygen atoms in total. The van der Waals surface area contributed by atoms with E-state index >= 15 is 0 Å². The highest BCUT2D eigenvalue weighted by molar-refractivity contribution is 8.00. The molecule has 1 saturated heterocycles. The van der Waals surface area contributed by atoms with Crippen LogP contribution in [0.1, 0.15) is 80.6 Å². The highest BCUT2D eigenvalue weighted by Gasteiger charge is 2.49. The first-order valence-corrected chi connectivity index (χ1v) is 12.2. The Morgan fingerprint density at radius 3 is 2.42 bits per heavy atom. The largest absolute Gasteiger partial charge is 0.460 e. The van der Waals surface area contributed by atoms with E-state index in [0.29, 0.717) is 12.3 Å². The van der Waals surface area contributed by atoms with Gasteiger partial charge in [0.25, 0.3) is 0 Å². The fraction of sp³-hybridized carbons (Fsp3) is 0.783. The van der Waals surface area contributed by atoms with Gasteiger partial charge in [0, 0.05) is 18.1 Å². The fourth-order valence-electron chi connectivity index (χ4n) is 3.00. The SMILES string of the molecule is C=CCOC(=O)C1N(C(=O)OC(C)OC(=O)CCCCC(C)CC)CSC1(C)C.CC. The first kappa shape index (κ1) is 29.3. The van der Waals surface area contributed by atoms with Crippen LogP contribution in [0.2, 0.25) is 0 Å². The summed E-state index contributed by atoms with van der Waals surface area (Å²) in [7, 11) is 0. The molecular formula is C23H41NO6S. The number of hydrogen-bond acceptors (Lipinski definition) is 7. The summed E-state index contributed by atoms with van der Waals surface area (Å²) in [5, 5.41) is 0. The predicted octanol–water partition coefficient (Wildman–Crippen LogP) is 5.53. The van der Waals surface area contributed by atoms with Gasteiger partial charge in [0.05, 0.1) is 5.88 Å². The lowest BCUT2D eigenvalue weighted by atomic mass is 10.0. The summed E-state index contributed by atoms with van der Waals surface area (Å²) in [5.74, 6) is 0.0330. The van der Waals surface area contributed by atoms with E-state index in [4.69, 9.17) is 14.2 Å². The minimum atomic E-state index is -1.02. The Morgan fingerprint density at radius 1 is 1.19 bits per heavy atom. The quantitative estimate of drug-likeness (QED) is 0.174. The lowest BCUT2D eigenvalue weighted by Crippen LogP contribution is -2.50. The molecule has 1 fully saturated rings. The van der Waals surface area contributed by atoms with Gasteiger partial charge in [-0.3, -0.25) is 9.69 Å². The maximum Gasteiger partial charge on any atom is 0.414 e. The number of carbonyl (C=O) groups excluding carboxylic acids is 3.